The maximum Gasteiger partial charge on any atom is 0.289 e. The monoisotopic (exact) mass is 640 g/mol. The summed E-state index contributed by atoms with van der Waals surface area (Å²) in [5.74, 6) is 0.993. The standard InChI is InChI=1S/C30H26Cl2N4O6S/c1-5-34(6-2)29(38)26-16(3)33-30-35(27(26)18-9-7-8-10-23(18)41-4)28(37)25(43-30)13-17-11-12-24(42-17)19-14-21(32)22(36(39)40)15-20(19)31/h7-15,27H,5-6H2,1-4H3/b25-13+/t27-/m1/s1. The van der Waals surface area contributed by atoms with Crippen molar-refractivity contribution in [2.75, 3.05) is 20.2 Å². The number of nitro benzene ring substituents is 1. The molecule has 1 amide bonds. The Balaban J connectivity index is 1.65. The zero-order chi connectivity index (χ0) is 31.0. The van der Waals surface area contributed by atoms with Gasteiger partial charge in [-0.15, -0.1) is 0 Å². The lowest BCUT2D eigenvalue weighted by molar-refractivity contribution is -0.384. The molecule has 3 heterocycles. The predicted octanol–water partition coefficient (Wildman–Crippen LogP) is 5.59. The summed E-state index contributed by atoms with van der Waals surface area (Å²) < 4.78 is 13.5. The largest absolute Gasteiger partial charge is 0.496 e. The van der Waals surface area contributed by atoms with Crippen molar-refractivity contribution in [2.45, 2.75) is 26.8 Å². The maximum absolute atomic E-state index is 14.0. The predicted molar refractivity (Wildman–Crippen MR) is 166 cm³/mol. The van der Waals surface area contributed by atoms with Gasteiger partial charge < -0.3 is 14.1 Å². The second-order valence-electron chi connectivity index (χ2n) is 9.54. The zero-order valence-corrected chi connectivity index (χ0v) is 25.9. The average molecular weight is 642 g/mol. The number of para-hydroxylation sites is 1. The molecule has 0 aliphatic carbocycles. The average Bonchev–Trinajstić information content (AvgIpc) is 3.57. The third-order valence-electron chi connectivity index (χ3n) is 7.14. The van der Waals surface area contributed by atoms with Crippen LogP contribution in [0.1, 0.15) is 38.1 Å². The molecule has 2 aromatic carbocycles. The molecule has 43 heavy (non-hydrogen) atoms. The van der Waals surface area contributed by atoms with Crippen LogP contribution in [0, 0.1) is 10.1 Å². The Morgan fingerprint density at radius 1 is 1.19 bits per heavy atom. The summed E-state index contributed by atoms with van der Waals surface area (Å²) in [6.45, 7) is 6.58. The van der Waals surface area contributed by atoms with E-state index in [1.54, 1.807) is 43.2 Å². The van der Waals surface area contributed by atoms with Crippen LogP contribution < -0.4 is 19.6 Å². The van der Waals surface area contributed by atoms with E-state index in [1.807, 2.05) is 32.0 Å². The molecule has 0 N–H and O–H groups in total. The molecule has 1 aliphatic rings. The summed E-state index contributed by atoms with van der Waals surface area (Å²) in [5, 5.41) is 11.2. The van der Waals surface area contributed by atoms with E-state index in [0.29, 0.717) is 62.1 Å². The molecule has 0 fully saturated rings. The number of methoxy groups -OCH3 is 1. The van der Waals surface area contributed by atoms with Crippen molar-refractivity contribution in [2.24, 2.45) is 4.99 Å². The van der Waals surface area contributed by atoms with Crippen LogP contribution in [0.4, 0.5) is 5.69 Å². The van der Waals surface area contributed by atoms with Gasteiger partial charge in [0.2, 0.25) is 0 Å². The first-order valence-corrected chi connectivity index (χ1v) is 14.8. The number of hydrogen-bond donors (Lipinski definition) is 0. The fourth-order valence-corrected chi connectivity index (χ4v) is 6.54. The van der Waals surface area contributed by atoms with Gasteiger partial charge in [0.25, 0.3) is 17.2 Å². The topological polar surface area (TPSA) is 120 Å². The lowest BCUT2D eigenvalue weighted by atomic mass is 9.94. The molecule has 0 saturated carbocycles. The number of amides is 1. The minimum atomic E-state index is -0.768. The molecular formula is C30H26Cl2N4O6S. The van der Waals surface area contributed by atoms with Gasteiger partial charge in [-0.25, -0.2) is 4.99 Å². The Morgan fingerprint density at radius 2 is 1.91 bits per heavy atom. The summed E-state index contributed by atoms with van der Waals surface area (Å²) in [7, 11) is 1.55. The number of fused-ring (bicyclic) bond motifs is 1. The second-order valence-corrected chi connectivity index (χ2v) is 11.4. The van der Waals surface area contributed by atoms with Gasteiger partial charge in [0.1, 0.15) is 28.3 Å². The molecule has 1 atom stereocenters. The summed E-state index contributed by atoms with van der Waals surface area (Å²) in [6, 6.07) is 12.3. The highest BCUT2D eigenvalue weighted by Crippen LogP contribution is 2.38. The smallest absolute Gasteiger partial charge is 0.289 e. The molecule has 0 saturated heterocycles. The van der Waals surface area contributed by atoms with Gasteiger partial charge in [-0.1, -0.05) is 52.7 Å². The molecule has 4 aromatic rings. The van der Waals surface area contributed by atoms with E-state index in [1.165, 1.54) is 22.0 Å². The van der Waals surface area contributed by atoms with Gasteiger partial charge in [0.15, 0.2) is 4.80 Å². The van der Waals surface area contributed by atoms with Crippen molar-refractivity contribution in [3.05, 3.63) is 111 Å². The number of hydrogen-bond acceptors (Lipinski definition) is 8. The highest BCUT2D eigenvalue weighted by Gasteiger charge is 2.35. The first-order valence-electron chi connectivity index (χ1n) is 13.3. The van der Waals surface area contributed by atoms with Crippen molar-refractivity contribution in [1.29, 1.82) is 0 Å². The quantitative estimate of drug-likeness (QED) is 0.183. The van der Waals surface area contributed by atoms with E-state index in [-0.39, 0.29) is 27.2 Å². The number of furan rings is 1. The van der Waals surface area contributed by atoms with E-state index in [9.17, 15) is 19.7 Å². The van der Waals surface area contributed by atoms with Gasteiger partial charge in [0, 0.05) is 36.4 Å². The molecule has 10 nitrogen and oxygen atoms in total. The van der Waals surface area contributed by atoms with Crippen molar-refractivity contribution in [3.8, 4) is 17.1 Å². The van der Waals surface area contributed by atoms with Gasteiger partial charge in [0.05, 0.1) is 32.9 Å². The Labute approximate surface area is 259 Å². The van der Waals surface area contributed by atoms with E-state index in [4.69, 9.17) is 32.4 Å². The molecule has 222 valence electrons. The Hall–Kier alpha value is -4.19. The number of carbonyl (C=O) groups excluding carboxylic acids is 1. The molecule has 0 radical (unpaired) electrons. The number of carbonyl (C=O) groups is 1. The Bertz CT molecular complexity index is 1970. The summed E-state index contributed by atoms with van der Waals surface area (Å²) in [4.78, 5) is 45.2. The maximum atomic E-state index is 14.0. The summed E-state index contributed by atoms with van der Waals surface area (Å²) in [6.07, 6.45) is 1.58. The third-order valence-corrected chi connectivity index (χ3v) is 8.73. The Kier molecular flexibility index (Phi) is 8.59. The van der Waals surface area contributed by atoms with Crippen LogP contribution in [0.25, 0.3) is 17.4 Å². The number of aromatic nitrogens is 1. The minimum absolute atomic E-state index is 0.0857. The molecule has 5 rings (SSSR count). The summed E-state index contributed by atoms with van der Waals surface area (Å²) >= 11 is 13.6. The van der Waals surface area contributed by atoms with E-state index >= 15 is 0 Å². The number of rotatable bonds is 8. The number of allylic oxidation sites excluding steroid dienone is 1. The van der Waals surface area contributed by atoms with Crippen LogP contribution in [-0.2, 0) is 4.79 Å². The van der Waals surface area contributed by atoms with Gasteiger partial charge in [-0.05, 0) is 45.0 Å². The molecule has 0 bridgehead atoms. The van der Waals surface area contributed by atoms with Crippen molar-refractivity contribution in [1.82, 2.24) is 9.47 Å². The van der Waals surface area contributed by atoms with Gasteiger partial charge >= 0.3 is 0 Å². The van der Waals surface area contributed by atoms with Crippen molar-refractivity contribution in [3.63, 3.8) is 0 Å². The van der Waals surface area contributed by atoms with Crippen LogP contribution in [0.15, 0.2) is 74.0 Å². The van der Waals surface area contributed by atoms with E-state index in [0.717, 1.165) is 6.07 Å². The first kappa shape index (κ1) is 30.3. The van der Waals surface area contributed by atoms with Crippen LogP contribution in [0.3, 0.4) is 0 Å². The Morgan fingerprint density at radius 3 is 2.58 bits per heavy atom. The molecule has 0 unspecified atom stereocenters. The highest BCUT2D eigenvalue weighted by molar-refractivity contribution is 7.07. The highest BCUT2D eigenvalue weighted by atomic mass is 35.5. The van der Waals surface area contributed by atoms with Crippen LogP contribution >= 0.6 is 34.5 Å². The first-order chi connectivity index (χ1) is 20.6. The lowest BCUT2D eigenvalue weighted by Gasteiger charge is -2.29. The molecular weight excluding hydrogens is 615 g/mol. The van der Waals surface area contributed by atoms with E-state index < -0.39 is 11.0 Å². The second kappa shape index (κ2) is 12.2. The normalized spacial score (nSPS) is 14.8. The third kappa shape index (κ3) is 5.51. The van der Waals surface area contributed by atoms with Crippen LogP contribution in [0.2, 0.25) is 10.0 Å². The number of halogens is 2. The zero-order valence-electron chi connectivity index (χ0n) is 23.6. The fourth-order valence-electron chi connectivity index (χ4n) is 5.03. The van der Waals surface area contributed by atoms with Gasteiger partial charge in [-0.2, -0.15) is 0 Å². The van der Waals surface area contributed by atoms with E-state index in [2.05, 4.69) is 4.99 Å². The minimum Gasteiger partial charge on any atom is -0.496 e. The number of thiazole rings is 1. The molecule has 2 aromatic heterocycles. The SMILES string of the molecule is CCN(CC)C(=O)C1=C(C)N=c2s/c(=C/c3ccc(-c4cc(Cl)c([N+](=O)[O-])cc4Cl)o3)c(=O)n2[C@@H]1c1ccccc1OC. The number of nitrogens with zero attached hydrogens (tertiary/aromatic N) is 4. The van der Waals surface area contributed by atoms with Crippen molar-refractivity contribution < 1.29 is 18.9 Å². The number of ether oxygens (including phenoxy) is 1. The lowest BCUT2D eigenvalue weighted by Crippen LogP contribution is -2.43. The molecule has 1 aliphatic heterocycles. The van der Waals surface area contributed by atoms with Gasteiger partial charge in [-0.3, -0.25) is 24.3 Å². The number of likely N-dealkylation sites (N-methyl/N-ethyl adjacent to an activating group) is 1. The number of nitro groups is 1. The van der Waals surface area contributed by atoms with Crippen molar-refractivity contribution >= 4 is 52.2 Å². The fraction of sp³-hybridized carbons (Fsp3) is 0.233. The summed E-state index contributed by atoms with van der Waals surface area (Å²) in [5.41, 5.74) is 1.27. The molecule has 13 heteroatoms. The number of benzene rings is 2. The van der Waals surface area contributed by atoms with Crippen LogP contribution in [-0.4, -0.2) is 40.5 Å². The van der Waals surface area contributed by atoms with Crippen LogP contribution in [0.5, 0.6) is 5.75 Å². The molecule has 0 spiro atoms.